The van der Waals surface area contributed by atoms with Gasteiger partial charge in [-0.2, -0.15) is 0 Å². The molecular weight excluding hydrogens is 172 g/mol. The number of carboxylic acid groups (broad SMARTS) is 2. The van der Waals surface area contributed by atoms with E-state index in [9.17, 15) is 9.59 Å². The standard InChI is InChI=1S/C9H12O4/c1-9(2)3-5(7(10)11)6(4-9)8(12)13/h3-4H2,1-2H3,(H,10,11)(H,12,13). The molecule has 0 saturated carbocycles. The van der Waals surface area contributed by atoms with Crippen LogP contribution in [0.15, 0.2) is 11.1 Å². The second-order valence-electron chi connectivity index (χ2n) is 4.09. The van der Waals surface area contributed by atoms with Crippen molar-refractivity contribution in [3.05, 3.63) is 11.1 Å². The second kappa shape index (κ2) is 2.87. The molecule has 4 heteroatoms. The van der Waals surface area contributed by atoms with Gasteiger partial charge in [-0.25, -0.2) is 9.59 Å². The summed E-state index contributed by atoms with van der Waals surface area (Å²) in [5, 5.41) is 17.5. The molecule has 1 aliphatic carbocycles. The minimum Gasteiger partial charge on any atom is -0.478 e. The van der Waals surface area contributed by atoms with Crippen LogP contribution in [-0.2, 0) is 9.59 Å². The molecule has 0 atom stereocenters. The average Bonchev–Trinajstić information content (AvgIpc) is 2.26. The molecule has 0 fully saturated rings. The van der Waals surface area contributed by atoms with Crippen LogP contribution in [0.2, 0.25) is 0 Å². The van der Waals surface area contributed by atoms with Gasteiger partial charge in [0.1, 0.15) is 0 Å². The molecule has 0 heterocycles. The van der Waals surface area contributed by atoms with Gasteiger partial charge in [0.15, 0.2) is 0 Å². The maximum Gasteiger partial charge on any atom is 0.332 e. The molecule has 0 aliphatic heterocycles. The lowest BCUT2D eigenvalue weighted by molar-refractivity contribution is -0.135. The van der Waals surface area contributed by atoms with Gasteiger partial charge in [-0.1, -0.05) is 13.8 Å². The van der Waals surface area contributed by atoms with E-state index >= 15 is 0 Å². The number of hydrogen-bond donors (Lipinski definition) is 2. The van der Waals surface area contributed by atoms with Gasteiger partial charge in [-0.3, -0.25) is 0 Å². The number of carbonyl (C=O) groups is 2. The van der Waals surface area contributed by atoms with Crippen LogP contribution in [-0.4, -0.2) is 22.2 Å². The second-order valence-corrected chi connectivity index (χ2v) is 4.09. The largest absolute Gasteiger partial charge is 0.478 e. The van der Waals surface area contributed by atoms with E-state index in [0.29, 0.717) is 12.8 Å². The summed E-state index contributed by atoms with van der Waals surface area (Å²) in [6.07, 6.45) is 0.675. The Morgan fingerprint density at radius 3 is 1.62 bits per heavy atom. The van der Waals surface area contributed by atoms with Gasteiger partial charge in [0.2, 0.25) is 0 Å². The Morgan fingerprint density at radius 2 is 1.38 bits per heavy atom. The Labute approximate surface area is 75.9 Å². The monoisotopic (exact) mass is 184 g/mol. The van der Waals surface area contributed by atoms with E-state index in [4.69, 9.17) is 10.2 Å². The molecule has 2 N–H and O–H groups in total. The molecule has 0 bridgehead atoms. The molecule has 0 spiro atoms. The highest BCUT2D eigenvalue weighted by molar-refractivity contribution is 5.99. The molecule has 4 nitrogen and oxygen atoms in total. The van der Waals surface area contributed by atoms with Gasteiger partial charge in [-0.15, -0.1) is 0 Å². The van der Waals surface area contributed by atoms with Crippen LogP contribution in [0.4, 0.5) is 0 Å². The lowest BCUT2D eigenvalue weighted by Crippen LogP contribution is -2.08. The van der Waals surface area contributed by atoms with E-state index in [2.05, 4.69) is 0 Å². The highest BCUT2D eigenvalue weighted by atomic mass is 16.4. The van der Waals surface area contributed by atoms with E-state index < -0.39 is 11.9 Å². The number of carboxylic acids is 2. The normalized spacial score (nSPS) is 20.5. The summed E-state index contributed by atoms with van der Waals surface area (Å²) in [6.45, 7) is 3.73. The molecular formula is C9H12O4. The Bertz CT molecular complexity index is 271. The predicted octanol–water partition coefficient (Wildman–Crippen LogP) is 1.27. The van der Waals surface area contributed by atoms with Crippen molar-refractivity contribution in [1.82, 2.24) is 0 Å². The summed E-state index contributed by atoms with van der Waals surface area (Å²) < 4.78 is 0. The van der Waals surface area contributed by atoms with E-state index in [0.717, 1.165) is 0 Å². The van der Waals surface area contributed by atoms with Crippen molar-refractivity contribution in [3.8, 4) is 0 Å². The zero-order valence-electron chi connectivity index (χ0n) is 7.63. The van der Waals surface area contributed by atoms with Crippen LogP contribution < -0.4 is 0 Å². The maximum atomic E-state index is 10.7. The van der Waals surface area contributed by atoms with Gasteiger partial charge in [0.25, 0.3) is 0 Å². The quantitative estimate of drug-likeness (QED) is 0.677. The van der Waals surface area contributed by atoms with Gasteiger partial charge >= 0.3 is 11.9 Å². The third-order valence-corrected chi connectivity index (χ3v) is 2.19. The van der Waals surface area contributed by atoms with Crippen molar-refractivity contribution < 1.29 is 19.8 Å². The third-order valence-electron chi connectivity index (χ3n) is 2.19. The lowest BCUT2D eigenvalue weighted by atomic mass is 9.89. The third kappa shape index (κ3) is 1.88. The van der Waals surface area contributed by atoms with Gasteiger partial charge in [0, 0.05) is 11.1 Å². The van der Waals surface area contributed by atoms with Crippen LogP contribution >= 0.6 is 0 Å². The van der Waals surface area contributed by atoms with Crippen LogP contribution in [0.1, 0.15) is 26.7 Å². The summed E-state index contributed by atoms with van der Waals surface area (Å²) in [7, 11) is 0. The Hall–Kier alpha value is -1.32. The molecule has 0 aromatic heterocycles. The van der Waals surface area contributed by atoms with Gasteiger partial charge in [0.05, 0.1) is 0 Å². The number of aliphatic carboxylic acids is 2. The fraction of sp³-hybridized carbons (Fsp3) is 0.556. The fourth-order valence-corrected chi connectivity index (χ4v) is 1.64. The summed E-state index contributed by atoms with van der Waals surface area (Å²) in [5.41, 5.74) is -0.128. The highest BCUT2D eigenvalue weighted by Crippen LogP contribution is 2.41. The summed E-state index contributed by atoms with van der Waals surface area (Å²) >= 11 is 0. The molecule has 1 rings (SSSR count). The van der Waals surface area contributed by atoms with Gasteiger partial charge < -0.3 is 10.2 Å². The van der Waals surface area contributed by atoms with Crippen molar-refractivity contribution in [3.63, 3.8) is 0 Å². The first-order chi connectivity index (χ1) is 5.83. The van der Waals surface area contributed by atoms with Crippen LogP contribution in [0.25, 0.3) is 0 Å². The fourth-order valence-electron chi connectivity index (χ4n) is 1.64. The first-order valence-corrected chi connectivity index (χ1v) is 4.02. The average molecular weight is 184 g/mol. The highest BCUT2D eigenvalue weighted by Gasteiger charge is 2.36. The van der Waals surface area contributed by atoms with E-state index in [1.54, 1.807) is 0 Å². The van der Waals surface area contributed by atoms with Crippen molar-refractivity contribution in [2.75, 3.05) is 0 Å². The van der Waals surface area contributed by atoms with E-state index in [1.165, 1.54) is 0 Å². The van der Waals surface area contributed by atoms with Crippen molar-refractivity contribution in [2.24, 2.45) is 5.41 Å². The minimum atomic E-state index is -1.11. The molecule has 0 radical (unpaired) electrons. The predicted molar refractivity (Wildman–Crippen MR) is 45.3 cm³/mol. The zero-order chi connectivity index (χ0) is 10.2. The molecule has 72 valence electrons. The SMILES string of the molecule is CC1(C)CC(C(=O)O)=C(C(=O)O)C1. The maximum absolute atomic E-state index is 10.7. The summed E-state index contributed by atoms with van der Waals surface area (Å²) in [6, 6.07) is 0. The summed E-state index contributed by atoms with van der Waals surface area (Å²) in [4.78, 5) is 21.4. The Morgan fingerprint density at radius 1 is 1.08 bits per heavy atom. The van der Waals surface area contributed by atoms with Gasteiger partial charge in [-0.05, 0) is 18.3 Å². The molecule has 0 unspecified atom stereocenters. The number of rotatable bonds is 2. The Balaban J connectivity index is 3.04. The summed E-state index contributed by atoms with van der Waals surface area (Å²) in [5.74, 6) is -2.22. The van der Waals surface area contributed by atoms with Crippen molar-refractivity contribution in [1.29, 1.82) is 0 Å². The molecule has 0 aromatic rings. The zero-order valence-corrected chi connectivity index (χ0v) is 7.63. The number of hydrogen-bond acceptors (Lipinski definition) is 2. The molecule has 0 aromatic carbocycles. The van der Waals surface area contributed by atoms with Crippen LogP contribution in [0.3, 0.4) is 0 Å². The van der Waals surface area contributed by atoms with Crippen LogP contribution in [0, 0.1) is 5.41 Å². The molecule has 1 aliphatic rings. The Kier molecular flexibility index (Phi) is 2.15. The van der Waals surface area contributed by atoms with Crippen LogP contribution in [0.5, 0.6) is 0 Å². The van der Waals surface area contributed by atoms with E-state index in [1.807, 2.05) is 13.8 Å². The van der Waals surface area contributed by atoms with Crippen molar-refractivity contribution in [2.45, 2.75) is 26.7 Å². The smallest absolute Gasteiger partial charge is 0.332 e. The van der Waals surface area contributed by atoms with Crippen molar-refractivity contribution >= 4 is 11.9 Å². The first kappa shape index (κ1) is 9.77. The molecule has 0 saturated heterocycles. The first-order valence-electron chi connectivity index (χ1n) is 4.02. The molecule has 0 amide bonds. The van der Waals surface area contributed by atoms with E-state index in [-0.39, 0.29) is 16.6 Å². The lowest BCUT2D eigenvalue weighted by Gasteiger charge is -2.15. The molecule has 13 heavy (non-hydrogen) atoms. The minimum absolute atomic E-state index is 0.0532. The topological polar surface area (TPSA) is 74.6 Å².